The molecule has 0 saturated heterocycles. The minimum atomic E-state index is -1.00. The molecular weight excluding hydrogens is 492 g/mol. The highest BCUT2D eigenvalue weighted by Crippen LogP contribution is 2.12. The molecule has 1 atom stereocenters. The molecule has 0 bridgehead atoms. The first-order chi connectivity index (χ1) is 17.6. The molecule has 38 heavy (non-hydrogen) atoms. The molecule has 11 nitrogen and oxygen atoms in total. The molecule has 0 saturated carbocycles. The Morgan fingerprint density at radius 3 is 2.03 bits per heavy atom. The first-order valence-corrected chi connectivity index (χ1v) is 12.9. The van der Waals surface area contributed by atoms with Crippen molar-refractivity contribution in [2.24, 2.45) is 0 Å². The van der Waals surface area contributed by atoms with Gasteiger partial charge in [0.05, 0.1) is 0 Å². The maximum atomic E-state index is 12.5. The number of hydrogen-bond donors (Lipinski definition) is 4. The van der Waals surface area contributed by atoms with Gasteiger partial charge in [-0.2, -0.15) is 0 Å². The molecule has 0 heterocycles. The highest BCUT2D eigenvalue weighted by atomic mass is 16.6. The monoisotopic (exact) mass is 536 g/mol. The Morgan fingerprint density at radius 1 is 0.868 bits per heavy atom. The second kappa shape index (κ2) is 15.7. The van der Waals surface area contributed by atoms with Gasteiger partial charge in [0.2, 0.25) is 5.91 Å². The molecule has 0 fully saturated rings. The summed E-state index contributed by atoms with van der Waals surface area (Å²) in [5, 5.41) is 17.6. The zero-order valence-corrected chi connectivity index (χ0v) is 23.5. The summed E-state index contributed by atoms with van der Waals surface area (Å²) in [6, 6.07) is 8.84. The summed E-state index contributed by atoms with van der Waals surface area (Å²) >= 11 is 0. The van der Waals surface area contributed by atoms with Gasteiger partial charge < -0.3 is 35.4 Å². The molecule has 0 aliphatic rings. The number of nitrogens with zero attached hydrogens (tertiary/aromatic N) is 1. The van der Waals surface area contributed by atoms with Crippen LogP contribution >= 0.6 is 0 Å². The molecular formula is C27H44N4O7. The second-order valence-corrected chi connectivity index (χ2v) is 11.0. The predicted molar refractivity (Wildman–Crippen MR) is 144 cm³/mol. The number of benzene rings is 1. The zero-order chi connectivity index (χ0) is 28.8. The van der Waals surface area contributed by atoms with E-state index >= 15 is 0 Å². The van der Waals surface area contributed by atoms with Crippen molar-refractivity contribution in [1.29, 1.82) is 0 Å². The molecule has 0 unspecified atom stereocenters. The molecule has 11 heteroatoms. The van der Waals surface area contributed by atoms with E-state index in [0.29, 0.717) is 25.8 Å². The Bertz CT molecular complexity index is 895. The average molecular weight is 537 g/mol. The summed E-state index contributed by atoms with van der Waals surface area (Å²) in [6.45, 7) is 11.5. The van der Waals surface area contributed by atoms with Gasteiger partial charge in [-0.25, -0.2) is 14.4 Å². The first kappa shape index (κ1) is 32.5. The van der Waals surface area contributed by atoms with Crippen LogP contribution in [0.15, 0.2) is 30.3 Å². The lowest BCUT2D eigenvalue weighted by Gasteiger charge is -2.24. The van der Waals surface area contributed by atoms with Gasteiger partial charge in [-0.05, 0) is 66.4 Å². The van der Waals surface area contributed by atoms with E-state index in [0.717, 1.165) is 5.56 Å². The van der Waals surface area contributed by atoms with E-state index in [9.17, 15) is 24.3 Å². The molecule has 0 spiro atoms. The summed E-state index contributed by atoms with van der Waals surface area (Å²) in [6.07, 6.45) is -0.576. The Kier molecular flexibility index (Phi) is 13.4. The Balaban J connectivity index is 2.57. The Labute approximate surface area is 225 Å². The molecule has 214 valence electrons. The smallest absolute Gasteiger partial charge is 0.407 e. The summed E-state index contributed by atoms with van der Waals surface area (Å²) in [4.78, 5) is 49.5. The molecule has 0 radical (unpaired) electrons. The van der Waals surface area contributed by atoms with E-state index in [1.165, 1.54) is 4.90 Å². The van der Waals surface area contributed by atoms with Crippen LogP contribution in [0.3, 0.4) is 0 Å². The van der Waals surface area contributed by atoms with Crippen LogP contribution < -0.4 is 16.0 Å². The van der Waals surface area contributed by atoms with Crippen LogP contribution in [0.5, 0.6) is 0 Å². The fourth-order valence-corrected chi connectivity index (χ4v) is 3.42. The van der Waals surface area contributed by atoms with Crippen LogP contribution in [0.2, 0.25) is 0 Å². The maximum absolute atomic E-state index is 12.5. The lowest BCUT2D eigenvalue weighted by atomic mass is 10.1. The highest BCUT2D eigenvalue weighted by Gasteiger charge is 2.22. The molecule has 1 aromatic rings. The van der Waals surface area contributed by atoms with Gasteiger partial charge in [0, 0.05) is 38.6 Å². The van der Waals surface area contributed by atoms with Gasteiger partial charge in [-0.1, -0.05) is 30.3 Å². The molecule has 1 aromatic carbocycles. The summed E-state index contributed by atoms with van der Waals surface area (Å²) < 4.78 is 10.5. The number of carbonyl (C=O) groups excluding carboxylic acids is 3. The third kappa shape index (κ3) is 16.3. The van der Waals surface area contributed by atoms with E-state index in [1.807, 2.05) is 30.3 Å². The molecule has 0 aliphatic heterocycles. The summed E-state index contributed by atoms with van der Waals surface area (Å²) in [5.41, 5.74) is -0.405. The summed E-state index contributed by atoms with van der Waals surface area (Å²) in [7, 11) is 0. The van der Waals surface area contributed by atoms with Gasteiger partial charge in [0.15, 0.2) is 0 Å². The van der Waals surface area contributed by atoms with Crippen molar-refractivity contribution in [3.8, 4) is 0 Å². The van der Waals surface area contributed by atoms with Crippen LogP contribution in [0.1, 0.15) is 72.8 Å². The van der Waals surface area contributed by atoms with Crippen molar-refractivity contribution < 1.29 is 33.8 Å². The number of carbonyl (C=O) groups is 4. The number of alkyl carbamates (subject to hydrolysis) is 2. The van der Waals surface area contributed by atoms with Crippen LogP contribution in [-0.2, 0) is 20.8 Å². The maximum Gasteiger partial charge on any atom is 0.407 e. The number of unbranched alkanes of at least 4 members (excludes halogenated alkanes) is 1. The van der Waals surface area contributed by atoms with Gasteiger partial charge >= 0.3 is 18.3 Å². The minimum absolute atomic E-state index is 0.0122. The van der Waals surface area contributed by atoms with Crippen molar-refractivity contribution in [2.75, 3.05) is 19.6 Å². The van der Waals surface area contributed by atoms with Crippen molar-refractivity contribution in [3.05, 3.63) is 35.9 Å². The quantitative estimate of drug-likeness (QED) is 0.276. The van der Waals surface area contributed by atoms with Crippen molar-refractivity contribution in [2.45, 2.75) is 91.0 Å². The van der Waals surface area contributed by atoms with Gasteiger partial charge in [0.1, 0.15) is 11.2 Å². The zero-order valence-electron chi connectivity index (χ0n) is 23.5. The number of carboxylic acid groups (broad SMARTS) is 1. The average Bonchev–Trinajstić information content (AvgIpc) is 2.76. The standard InChI is InChI=1S/C27H44N4O7/c1-26(2,3)37-23(33)29-16-15-28-22(32)18-21(30-24(34)38-27(4,5)6)14-10-11-17-31(25(35)36)19-20-12-8-7-9-13-20/h7-9,12-13,21H,10-11,14-19H2,1-6H3,(H,28,32)(H,29,33)(H,30,34)(H,35,36)/t21-/m0/s1. The minimum Gasteiger partial charge on any atom is -0.465 e. The number of ether oxygens (including phenoxy) is 2. The fourth-order valence-electron chi connectivity index (χ4n) is 3.42. The first-order valence-electron chi connectivity index (χ1n) is 12.9. The highest BCUT2D eigenvalue weighted by molar-refractivity contribution is 5.77. The largest absolute Gasteiger partial charge is 0.465 e. The molecule has 1 rings (SSSR count). The van der Waals surface area contributed by atoms with Gasteiger partial charge in [-0.3, -0.25) is 4.79 Å². The second-order valence-electron chi connectivity index (χ2n) is 11.0. The third-order valence-corrected chi connectivity index (χ3v) is 4.99. The normalized spacial score (nSPS) is 12.2. The van der Waals surface area contributed by atoms with Crippen molar-refractivity contribution in [3.63, 3.8) is 0 Å². The predicted octanol–water partition coefficient (Wildman–Crippen LogP) is 4.26. The van der Waals surface area contributed by atoms with Crippen LogP contribution in [0, 0.1) is 0 Å². The fraction of sp³-hybridized carbons (Fsp3) is 0.630. The lowest BCUT2D eigenvalue weighted by Crippen LogP contribution is -2.43. The molecule has 0 aliphatic carbocycles. The Hall–Kier alpha value is -3.50. The number of nitrogens with one attached hydrogen (secondary N) is 3. The number of amides is 4. The van der Waals surface area contributed by atoms with Crippen LogP contribution in [0.25, 0.3) is 0 Å². The SMILES string of the molecule is CC(C)(C)OC(=O)NCCNC(=O)C[C@H](CCCCN(Cc1ccccc1)C(=O)O)NC(=O)OC(C)(C)C. The van der Waals surface area contributed by atoms with E-state index < -0.39 is 35.5 Å². The van der Waals surface area contributed by atoms with E-state index in [-0.39, 0.29) is 32.0 Å². The van der Waals surface area contributed by atoms with Crippen molar-refractivity contribution in [1.82, 2.24) is 20.9 Å². The third-order valence-electron chi connectivity index (χ3n) is 4.99. The van der Waals surface area contributed by atoms with Crippen LogP contribution in [0.4, 0.5) is 14.4 Å². The van der Waals surface area contributed by atoms with E-state index in [2.05, 4.69) is 16.0 Å². The van der Waals surface area contributed by atoms with Crippen molar-refractivity contribution >= 4 is 24.2 Å². The summed E-state index contributed by atoms with van der Waals surface area (Å²) in [5.74, 6) is -0.298. The van der Waals surface area contributed by atoms with Gasteiger partial charge in [-0.15, -0.1) is 0 Å². The van der Waals surface area contributed by atoms with Gasteiger partial charge in [0.25, 0.3) is 0 Å². The van der Waals surface area contributed by atoms with Crippen LogP contribution in [-0.4, -0.2) is 71.1 Å². The number of rotatable bonds is 13. The van der Waals surface area contributed by atoms with E-state index in [1.54, 1.807) is 41.5 Å². The Morgan fingerprint density at radius 2 is 1.45 bits per heavy atom. The molecule has 4 amide bonds. The molecule has 0 aromatic heterocycles. The van der Waals surface area contributed by atoms with E-state index in [4.69, 9.17) is 9.47 Å². The lowest BCUT2D eigenvalue weighted by molar-refractivity contribution is -0.121. The topological polar surface area (TPSA) is 146 Å². The number of hydrogen-bond acceptors (Lipinski definition) is 6. The molecule has 4 N–H and O–H groups in total.